The molecule has 1 aromatic heterocycles. The summed E-state index contributed by atoms with van der Waals surface area (Å²) in [6, 6.07) is 13.2. The number of H-pyrrole nitrogens is 1. The van der Waals surface area contributed by atoms with Gasteiger partial charge in [0.2, 0.25) is 5.91 Å². The predicted octanol–water partition coefficient (Wildman–Crippen LogP) is 3.20. The Bertz CT molecular complexity index is 1240. The molecule has 174 valence electrons. The van der Waals surface area contributed by atoms with Crippen LogP contribution in [0.2, 0.25) is 5.02 Å². The minimum atomic E-state index is -0.740. The van der Waals surface area contributed by atoms with Crippen molar-refractivity contribution in [2.24, 2.45) is 0 Å². The Hall–Kier alpha value is -3.59. The van der Waals surface area contributed by atoms with E-state index in [9.17, 15) is 18.8 Å². The molecule has 10 heteroatoms. The Balaban J connectivity index is 1.92. The molecule has 0 aliphatic rings. The van der Waals surface area contributed by atoms with E-state index in [1.807, 2.05) is 37.3 Å². The molecule has 0 saturated carbocycles. The van der Waals surface area contributed by atoms with E-state index in [1.54, 1.807) is 0 Å². The second-order valence-corrected chi connectivity index (χ2v) is 7.85. The molecule has 0 atom stereocenters. The molecule has 33 heavy (non-hydrogen) atoms. The number of halogens is 2. The fourth-order valence-electron chi connectivity index (χ4n) is 3.32. The van der Waals surface area contributed by atoms with E-state index < -0.39 is 23.0 Å². The number of unbranched alkanes of at least 4 members (excludes halogenated alkanes) is 1. The molecular weight excluding hydrogens is 449 g/mol. The Morgan fingerprint density at radius 2 is 1.94 bits per heavy atom. The average molecular weight is 474 g/mol. The van der Waals surface area contributed by atoms with Crippen molar-refractivity contribution in [1.29, 1.82) is 0 Å². The summed E-state index contributed by atoms with van der Waals surface area (Å²) in [5.74, 6) is -1.11. The number of aromatic amines is 1. The van der Waals surface area contributed by atoms with Crippen LogP contribution in [-0.2, 0) is 11.3 Å². The van der Waals surface area contributed by atoms with Crippen molar-refractivity contribution in [3.8, 4) is 0 Å². The van der Waals surface area contributed by atoms with Gasteiger partial charge in [0.05, 0.1) is 18.1 Å². The van der Waals surface area contributed by atoms with Gasteiger partial charge in [0.1, 0.15) is 11.6 Å². The Morgan fingerprint density at radius 3 is 2.61 bits per heavy atom. The third-order valence-electron chi connectivity index (χ3n) is 5.07. The molecular formula is C23H25ClFN5O3. The molecule has 0 saturated heterocycles. The quantitative estimate of drug-likeness (QED) is 0.441. The van der Waals surface area contributed by atoms with Gasteiger partial charge in [-0.2, -0.15) is 0 Å². The third kappa shape index (κ3) is 5.81. The summed E-state index contributed by atoms with van der Waals surface area (Å²) in [6.45, 7) is 2.13. The first-order valence-corrected chi connectivity index (χ1v) is 10.9. The number of aromatic nitrogens is 2. The molecule has 8 nitrogen and oxygen atoms in total. The summed E-state index contributed by atoms with van der Waals surface area (Å²) >= 11 is 5.79. The summed E-state index contributed by atoms with van der Waals surface area (Å²) in [6.07, 6.45) is 1.39. The number of carbonyl (C=O) groups excluding carboxylic acids is 1. The molecule has 1 heterocycles. The largest absolute Gasteiger partial charge is 0.383 e. The number of anilines is 3. The highest BCUT2D eigenvalue weighted by Crippen LogP contribution is 2.21. The van der Waals surface area contributed by atoms with E-state index in [0.29, 0.717) is 12.1 Å². The van der Waals surface area contributed by atoms with Gasteiger partial charge in [-0.05, 0) is 30.2 Å². The lowest BCUT2D eigenvalue weighted by Gasteiger charge is -2.25. The topological polar surface area (TPSA) is 113 Å². The number of hydrogen-bond acceptors (Lipinski definition) is 5. The maximum absolute atomic E-state index is 13.4. The van der Waals surface area contributed by atoms with Gasteiger partial charge < -0.3 is 16.0 Å². The van der Waals surface area contributed by atoms with Gasteiger partial charge in [0, 0.05) is 12.2 Å². The number of nitrogens with two attached hydrogens (primary N) is 1. The standard InChI is InChI=1S/C23H25ClFN5O3/c1-2-3-11-29(19(31)13-27-16-9-10-18(25)17(24)12-16)20-21(26)30(23(33)28-22(20)32)14-15-7-5-4-6-8-15/h4-10,12,27H,2-3,11,13-14,26H2,1H3,(H,28,32,33). The van der Waals surface area contributed by atoms with Gasteiger partial charge in [-0.25, -0.2) is 9.18 Å². The monoisotopic (exact) mass is 473 g/mol. The van der Waals surface area contributed by atoms with E-state index in [4.69, 9.17) is 17.3 Å². The number of hydrogen-bond donors (Lipinski definition) is 3. The Labute approximate surface area is 194 Å². The Morgan fingerprint density at radius 1 is 1.21 bits per heavy atom. The van der Waals surface area contributed by atoms with Crippen LogP contribution in [0.4, 0.5) is 21.6 Å². The van der Waals surface area contributed by atoms with Crippen LogP contribution in [0.5, 0.6) is 0 Å². The molecule has 3 aromatic rings. The molecule has 0 unspecified atom stereocenters. The zero-order chi connectivity index (χ0) is 24.0. The van der Waals surface area contributed by atoms with E-state index >= 15 is 0 Å². The minimum Gasteiger partial charge on any atom is -0.383 e. The van der Waals surface area contributed by atoms with Gasteiger partial charge in [0.25, 0.3) is 5.56 Å². The molecule has 1 amide bonds. The van der Waals surface area contributed by atoms with Crippen LogP contribution >= 0.6 is 11.6 Å². The molecule has 2 aromatic carbocycles. The van der Waals surface area contributed by atoms with Crippen LogP contribution in [0.15, 0.2) is 58.1 Å². The van der Waals surface area contributed by atoms with Crippen molar-refractivity contribution < 1.29 is 9.18 Å². The second kappa shape index (κ2) is 10.8. The lowest BCUT2D eigenvalue weighted by Crippen LogP contribution is -2.43. The van der Waals surface area contributed by atoms with Crippen molar-refractivity contribution in [2.75, 3.05) is 29.0 Å². The molecule has 4 N–H and O–H groups in total. The normalized spacial score (nSPS) is 10.8. The fraction of sp³-hybridized carbons (Fsp3) is 0.261. The van der Waals surface area contributed by atoms with Gasteiger partial charge in [0.15, 0.2) is 5.69 Å². The predicted molar refractivity (Wildman–Crippen MR) is 128 cm³/mol. The smallest absolute Gasteiger partial charge is 0.330 e. The molecule has 0 radical (unpaired) electrons. The molecule has 0 aliphatic heterocycles. The zero-order valence-electron chi connectivity index (χ0n) is 18.1. The highest BCUT2D eigenvalue weighted by Gasteiger charge is 2.24. The van der Waals surface area contributed by atoms with Crippen LogP contribution in [0.25, 0.3) is 0 Å². The summed E-state index contributed by atoms with van der Waals surface area (Å²) in [4.78, 5) is 41.8. The minimum absolute atomic E-state index is 0.0797. The lowest BCUT2D eigenvalue weighted by atomic mass is 10.2. The second-order valence-electron chi connectivity index (χ2n) is 7.45. The third-order valence-corrected chi connectivity index (χ3v) is 5.36. The maximum Gasteiger partial charge on any atom is 0.330 e. The van der Waals surface area contributed by atoms with E-state index in [-0.39, 0.29) is 36.2 Å². The molecule has 0 spiro atoms. The van der Waals surface area contributed by atoms with Gasteiger partial charge in [-0.15, -0.1) is 0 Å². The highest BCUT2D eigenvalue weighted by atomic mass is 35.5. The first-order chi connectivity index (χ1) is 15.8. The number of rotatable bonds is 9. The first kappa shape index (κ1) is 24.1. The number of benzene rings is 2. The maximum atomic E-state index is 13.4. The molecule has 3 rings (SSSR count). The number of amides is 1. The number of nitrogens with one attached hydrogen (secondary N) is 2. The number of nitrogens with zero attached hydrogens (tertiary/aromatic N) is 2. The van der Waals surface area contributed by atoms with E-state index in [2.05, 4.69) is 10.3 Å². The summed E-state index contributed by atoms with van der Waals surface area (Å²) < 4.78 is 14.6. The van der Waals surface area contributed by atoms with Crippen LogP contribution < -0.4 is 27.2 Å². The van der Waals surface area contributed by atoms with Crippen molar-refractivity contribution >= 4 is 34.7 Å². The van der Waals surface area contributed by atoms with Crippen LogP contribution in [-0.4, -0.2) is 28.5 Å². The fourth-order valence-corrected chi connectivity index (χ4v) is 3.50. The van der Waals surface area contributed by atoms with Crippen molar-refractivity contribution in [3.63, 3.8) is 0 Å². The zero-order valence-corrected chi connectivity index (χ0v) is 18.9. The molecule has 0 bridgehead atoms. The van der Waals surface area contributed by atoms with Gasteiger partial charge in [-0.1, -0.05) is 55.3 Å². The molecule has 0 fully saturated rings. The number of carbonyl (C=O) groups is 1. The van der Waals surface area contributed by atoms with Crippen molar-refractivity contribution in [3.05, 3.63) is 85.8 Å². The SMILES string of the molecule is CCCCN(C(=O)CNc1ccc(F)c(Cl)c1)c1c(N)n(Cc2ccccc2)c(=O)[nH]c1=O. The van der Waals surface area contributed by atoms with E-state index in [0.717, 1.165) is 12.0 Å². The highest BCUT2D eigenvalue weighted by molar-refractivity contribution is 6.31. The summed E-state index contributed by atoms with van der Waals surface area (Å²) in [5.41, 5.74) is 6.03. The lowest BCUT2D eigenvalue weighted by molar-refractivity contribution is -0.117. The summed E-state index contributed by atoms with van der Waals surface area (Å²) in [5, 5.41) is 2.80. The van der Waals surface area contributed by atoms with E-state index in [1.165, 1.54) is 27.7 Å². The summed E-state index contributed by atoms with van der Waals surface area (Å²) in [7, 11) is 0. The van der Waals surface area contributed by atoms with Crippen LogP contribution in [0.3, 0.4) is 0 Å². The van der Waals surface area contributed by atoms with Crippen molar-refractivity contribution in [1.82, 2.24) is 9.55 Å². The first-order valence-electron chi connectivity index (χ1n) is 10.5. The Kier molecular flexibility index (Phi) is 7.89. The average Bonchev–Trinajstić information content (AvgIpc) is 2.80. The van der Waals surface area contributed by atoms with Gasteiger partial charge >= 0.3 is 5.69 Å². The van der Waals surface area contributed by atoms with Crippen molar-refractivity contribution in [2.45, 2.75) is 26.3 Å². The number of nitrogen functional groups attached to an aromatic ring is 1. The van der Waals surface area contributed by atoms with Gasteiger partial charge in [-0.3, -0.25) is 19.1 Å². The van der Waals surface area contributed by atoms with Crippen LogP contribution in [0, 0.1) is 5.82 Å². The van der Waals surface area contributed by atoms with Crippen LogP contribution in [0.1, 0.15) is 25.3 Å². The molecule has 0 aliphatic carbocycles.